The van der Waals surface area contributed by atoms with E-state index in [4.69, 9.17) is 9.47 Å². The van der Waals surface area contributed by atoms with Crippen molar-refractivity contribution in [1.29, 1.82) is 0 Å². The highest BCUT2D eigenvalue weighted by atomic mass is 16.7. The van der Waals surface area contributed by atoms with Crippen LogP contribution in [0.3, 0.4) is 0 Å². The molecule has 0 fully saturated rings. The molecule has 0 saturated heterocycles. The summed E-state index contributed by atoms with van der Waals surface area (Å²) in [5.41, 5.74) is 0. The molecule has 0 spiro atoms. The molecule has 0 saturated carbocycles. The van der Waals surface area contributed by atoms with E-state index in [1.807, 2.05) is 26.8 Å². The Morgan fingerprint density at radius 2 is 1.81 bits per heavy atom. The highest BCUT2D eigenvalue weighted by molar-refractivity contribution is 5.60. The SMILES string of the molecule is CCCCCCC(C)/C=C\COC(=O)OC(CC)C(C)C. The predicted octanol–water partition coefficient (Wildman–Crippen LogP) is 5.74. The van der Waals surface area contributed by atoms with E-state index in [0.717, 1.165) is 6.42 Å². The summed E-state index contributed by atoms with van der Waals surface area (Å²) in [4.78, 5) is 11.5. The van der Waals surface area contributed by atoms with Crippen LogP contribution in [-0.4, -0.2) is 18.9 Å². The first-order valence-electron chi connectivity index (χ1n) is 8.51. The molecule has 0 bridgehead atoms. The van der Waals surface area contributed by atoms with Gasteiger partial charge in [0.15, 0.2) is 0 Å². The largest absolute Gasteiger partial charge is 0.508 e. The maximum atomic E-state index is 11.5. The molecule has 0 N–H and O–H groups in total. The van der Waals surface area contributed by atoms with Crippen LogP contribution in [0.4, 0.5) is 4.79 Å². The van der Waals surface area contributed by atoms with Gasteiger partial charge in [0.25, 0.3) is 0 Å². The molecule has 0 aromatic heterocycles. The molecule has 21 heavy (non-hydrogen) atoms. The van der Waals surface area contributed by atoms with E-state index < -0.39 is 6.16 Å². The fourth-order valence-electron chi connectivity index (χ4n) is 2.24. The summed E-state index contributed by atoms with van der Waals surface area (Å²) in [6, 6.07) is 0. The summed E-state index contributed by atoms with van der Waals surface area (Å²) in [6.45, 7) is 10.8. The number of unbranched alkanes of at least 4 members (excludes halogenated alkanes) is 3. The number of carbonyl (C=O) groups is 1. The monoisotopic (exact) mass is 298 g/mol. The number of ether oxygens (including phenoxy) is 2. The standard InChI is InChI=1S/C18H34O3/c1-6-8-9-10-12-16(5)13-11-14-20-18(19)21-17(7-2)15(3)4/h11,13,15-17H,6-10,12,14H2,1-5H3/b13-11-. The zero-order valence-electron chi connectivity index (χ0n) is 14.6. The number of carbonyl (C=O) groups excluding carboxylic acids is 1. The van der Waals surface area contributed by atoms with Crippen LogP contribution in [0.25, 0.3) is 0 Å². The minimum absolute atomic E-state index is 0.0565. The van der Waals surface area contributed by atoms with Gasteiger partial charge < -0.3 is 9.47 Å². The van der Waals surface area contributed by atoms with Crippen molar-refractivity contribution in [3.63, 3.8) is 0 Å². The Morgan fingerprint density at radius 3 is 2.38 bits per heavy atom. The van der Waals surface area contributed by atoms with Gasteiger partial charge in [-0.15, -0.1) is 0 Å². The molecule has 0 aliphatic rings. The van der Waals surface area contributed by atoms with Gasteiger partial charge in [-0.2, -0.15) is 0 Å². The molecule has 0 aromatic rings. The molecular weight excluding hydrogens is 264 g/mol. The summed E-state index contributed by atoms with van der Waals surface area (Å²) in [6.07, 6.45) is 10.6. The van der Waals surface area contributed by atoms with Gasteiger partial charge in [-0.25, -0.2) is 4.79 Å². The number of rotatable bonds is 11. The molecule has 0 rings (SSSR count). The molecule has 124 valence electrons. The van der Waals surface area contributed by atoms with Crippen LogP contribution in [0.15, 0.2) is 12.2 Å². The van der Waals surface area contributed by atoms with E-state index in [1.165, 1.54) is 32.1 Å². The van der Waals surface area contributed by atoms with E-state index in [9.17, 15) is 4.79 Å². The van der Waals surface area contributed by atoms with Gasteiger partial charge in [-0.3, -0.25) is 0 Å². The van der Waals surface area contributed by atoms with Crippen LogP contribution in [0.1, 0.15) is 73.1 Å². The molecule has 3 nitrogen and oxygen atoms in total. The fourth-order valence-corrected chi connectivity index (χ4v) is 2.24. The Morgan fingerprint density at radius 1 is 1.10 bits per heavy atom. The lowest BCUT2D eigenvalue weighted by Gasteiger charge is -2.18. The summed E-state index contributed by atoms with van der Waals surface area (Å²) in [5.74, 6) is 0.863. The predicted molar refractivity (Wildman–Crippen MR) is 88.4 cm³/mol. The van der Waals surface area contributed by atoms with E-state index in [0.29, 0.717) is 18.4 Å². The van der Waals surface area contributed by atoms with Crippen LogP contribution < -0.4 is 0 Å². The summed E-state index contributed by atoms with van der Waals surface area (Å²) in [5, 5.41) is 0. The number of hydrogen-bond acceptors (Lipinski definition) is 3. The first-order chi connectivity index (χ1) is 10.0. The summed E-state index contributed by atoms with van der Waals surface area (Å²) in [7, 11) is 0. The van der Waals surface area contributed by atoms with Gasteiger partial charge in [0, 0.05) is 0 Å². The number of hydrogen-bond donors (Lipinski definition) is 0. The van der Waals surface area contributed by atoms with Crippen molar-refractivity contribution in [2.45, 2.75) is 79.2 Å². The zero-order chi connectivity index (χ0) is 16.1. The minimum atomic E-state index is -0.559. The minimum Gasteiger partial charge on any atom is -0.431 e. The van der Waals surface area contributed by atoms with Crippen molar-refractivity contribution >= 4 is 6.16 Å². The van der Waals surface area contributed by atoms with E-state index in [2.05, 4.69) is 19.9 Å². The molecule has 0 aliphatic carbocycles. The van der Waals surface area contributed by atoms with Crippen molar-refractivity contribution in [2.75, 3.05) is 6.61 Å². The van der Waals surface area contributed by atoms with Gasteiger partial charge in [-0.05, 0) is 24.7 Å². The van der Waals surface area contributed by atoms with Gasteiger partial charge in [0.2, 0.25) is 0 Å². The molecular formula is C18H34O3. The smallest absolute Gasteiger partial charge is 0.431 e. The average molecular weight is 298 g/mol. The van der Waals surface area contributed by atoms with Crippen molar-refractivity contribution < 1.29 is 14.3 Å². The normalized spacial score (nSPS) is 14.4. The van der Waals surface area contributed by atoms with E-state index in [1.54, 1.807) is 0 Å². The third-order valence-electron chi connectivity index (χ3n) is 3.67. The van der Waals surface area contributed by atoms with Crippen LogP contribution >= 0.6 is 0 Å². The van der Waals surface area contributed by atoms with Crippen LogP contribution in [0.5, 0.6) is 0 Å². The van der Waals surface area contributed by atoms with Crippen molar-refractivity contribution in [1.82, 2.24) is 0 Å². The first kappa shape index (κ1) is 20.0. The van der Waals surface area contributed by atoms with Crippen molar-refractivity contribution in [3.8, 4) is 0 Å². The Kier molecular flexibility index (Phi) is 12.1. The Labute approximate surface area is 131 Å². The average Bonchev–Trinajstić information content (AvgIpc) is 2.45. The highest BCUT2D eigenvalue weighted by Gasteiger charge is 2.16. The number of allylic oxidation sites excluding steroid dienone is 1. The van der Waals surface area contributed by atoms with Crippen molar-refractivity contribution in [3.05, 3.63) is 12.2 Å². The Hall–Kier alpha value is -0.990. The van der Waals surface area contributed by atoms with E-state index in [-0.39, 0.29) is 6.10 Å². The quantitative estimate of drug-likeness (QED) is 0.277. The van der Waals surface area contributed by atoms with Crippen LogP contribution in [0.2, 0.25) is 0 Å². The van der Waals surface area contributed by atoms with Crippen LogP contribution in [0, 0.1) is 11.8 Å². The molecule has 3 heteroatoms. The van der Waals surface area contributed by atoms with Gasteiger partial charge in [0.05, 0.1) is 0 Å². The highest BCUT2D eigenvalue weighted by Crippen LogP contribution is 2.12. The lowest BCUT2D eigenvalue weighted by molar-refractivity contribution is 0.0114. The fraction of sp³-hybridized carbons (Fsp3) is 0.833. The van der Waals surface area contributed by atoms with Gasteiger partial charge in [0.1, 0.15) is 12.7 Å². The molecule has 0 aromatic carbocycles. The molecule has 0 heterocycles. The topological polar surface area (TPSA) is 35.5 Å². The van der Waals surface area contributed by atoms with E-state index >= 15 is 0 Å². The summed E-state index contributed by atoms with van der Waals surface area (Å²) >= 11 is 0. The second-order valence-corrected chi connectivity index (χ2v) is 6.12. The molecule has 0 amide bonds. The Balaban J connectivity index is 3.76. The molecule has 0 aliphatic heterocycles. The third-order valence-corrected chi connectivity index (χ3v) is 3.67. The molecule has 0 radical (unpaired) electrons. The van der Waals surface area contributed by atoms with Crippen LogP contribution in [-0.2, 0) is 9.47 Å². The summed E-state index contributed by atoms with van der Waals surface area (Å²) < 4.78 is 10.3. The van der Waals surface area contributed by atoms with Gasteiger partial charge >= 0.3 is 6.16 Å². The lowest BCUT2D eigenvalue weighted by atomic mass is 10.0. The second kappa shape index (κ2) is 12.7. The molecule has 2 unspecified atom stereocenters. The van der Waals surface area contributed by atoms with Gasteiger partial charge in [-0.1, -0.05) is 72.5 Å². The Bertz CT molecular complexity index is 284. The zero-order valence-corrected chi connectivity index (χ0v) is 14.6. The lowest BCUT2D eigenvalue weighted by Crippen LogP contribution is -2.23. The second-order valence-electron chi connectivity index (χ2n) is 6.12. The maximum Gasteiger partial charge on any atom is 0.508 e. The first-order valence-corrected chi connectivity index (χ1v) is 8.51. The third kappa shape index (κ3) is 11.4. The molecule has 2 atom stereocenters. The maximum absolute atomic E-state index is 11.5. The van der Waals surface area contributed by atoms with Crippen molar-refractivity contribution in [2.24, 2.45) is 11.8 Å².